The minimum absolute atomic E-state index is 0.125. The molecule has 0 aliphatic rings. The topological polar surface area (TPSA) is 93.5 Å². The third kappa shape index (κ3) is 3.97. The standard InChI is InChI=1S/C12H17N3O3/c1-14-11(16)3-4-15-12(17)8-5-9(13)7-10(6-8)18-2/h5-7H,3-4,13H2,1-2H3,(H,14,16)(H,15,17). The summed E-state index contributed by atoms with van der Waals surface area (Å²) >= 11 is 0. The third-order valence-electron chi connectivity index (χ3n) is 2.34. The summed E-state index contributed by atoms with van der Waals surface area (Å²) in [6.07, 6.45) is 0.238. The van der Waals surface area contributed by atoms with Gasteiger partial charge in [-0.15, -0.1) is 0 Å². The maximum absolute atomic E-state index is 11.8. The molecule has 0 atom stereocenters. The number of nitrogen functional groups attached to an aromatic ring is 1. The molecule has 0 fully saturated rings. The van der Waals surface area contributed by atoms with Gasteiger partial charge in [0.2, 0.25) is 5.91 Å². The highest BCUT2D eigenvalue weighted by molar-refractivity contribution is 5.95. The van der Waals surface area contributed by atoms with Crippen molar-refractivity contribution in [1.82, 2.24) is 10.6 Å². The van der Waals surface area contributed by atoms with Gasteiger partial charge in [0.15, 0.2) is 0 Å². The molecule has 0 radical (unpaired) electrons. The van der Waals surface area contributed by atoms with Gasteiger partial charge < -0.3 is 21.1 Å². The predicted molar refractivity (Wildman–Crippen MR) is 68.4 cm³/mol. The van der Waals surface area contributed by atoms with Crippen LogP contribution in [0.25, 0.3) is 0 Å². The monoisotopic (exact) mass is 251 g/mol. The first-order chi connectivity index (χ1) is 8.56. The average molecular weight is 251 g/mol. The second-order valence-electron chi connectivity index (χ2n) is 3.67. The summed E-state index contributed by atoms with van der Waals surface area (Å²) in [6.45, 7) is 0.273. The van der Waals surface area contributed by atoms with Crippen LogP contribution in [0.4, 0.5) is 5.69 Å². The molecule has 6 nitrogen and oxygen atoms in total. The van der Waals surface area contributed by atoms with Crippen molar-refractivity contribution in [2.45, 2.75) is 6.42 Å². The molecule has 0 spiro atoms. The van der Waals surface area contributed by atoms with Crippen molar-refractivity contribution in [2.75, 3.05) is 26.4 Å². The van der Waals surface area contributed by atoms with E-state index >= 15 is 0 Å². The van der Waals surface area contributed by atoms with E-state index in [0.717, 1.165) is 0 Å². The Labute approximate surface area is 105 Å². The van der Waals surface area contributed by atoms with Gasteiger partial charge in [0.05, 0.1) is 7.11 Å². The van der Waals surface area contributed by atoms with E-state index in [0.29, 0.717) is 17.0 Å². The van der Waals surface area contributed by atoms with E-state index in [-0.39, 0.29) is 24.8 Å². The number of hydrogen-bond acceptors (Lipinski definition) is 4. The van der Waals surface area contributed by atoms with Gasteiger partial charge in [-0.2, -0.15) is 0 Å². The van der Waals surface area contributed by atoms with E-state index < -0.39 is 0 Å². The number of hydrogen-bond donors (Lipinski definition) is 3. The SMILES string of the molecule is CNC(=O)CCNC(=O)c1cc(N)cc(OC)c1. The van der Waals surface area contributed by atoms with Crippen LogP contribution >= 0.6 is 0 Å². The Morgan fingerprint density at radius 1 is 1.33 bits per heavy atom. The zero-order valence-corrected chi connectivity index (χ0v) is 10.4. The van der Waals surface area contributed by atoms with Gasteiger partial charge in [-0.1, -0.05) is 0 Å². The fourth-order valence-electron chi connectivity index (χ4n) is 1.39. The molecule has 0 heterocycles. The summed E-state index contributed by atoms with van der Waals surface area (Å²) in [6, 6.07) is 4.77. The molecule has 18 heavy (non-hydrogen) atoms. The molecule has 6 heteroatoms. The Hall–Kier alpha value is -2.24. The molecular formula is C12H17N3O3. The normalized spacial score (nSPS) is 9.67. The Morgan fingerprint density at radius 3 is 2.67 bits per heavy atom. The first-order valence-electron chi connectivity index (χ1n) is 5.50. The van der Waals surface area contributed by atoms with Crippen molar-refractivity contribution in [1.29, 1.82) is 0 Å². The molecule has 0 aromatic heterocycles. The third-order valence-corrected chi connectivity index (χ3v) is 2.34. The Bertz CT molecular complexity index is 446. The van der Waals surface area contributed by atoms with Gasteiger partial charge in [-0.05, 0) is 12.1 Å². The summed E-state index contributed by atoms with van der Waals surface area (Å²) in [5.41, 5.74) is 6.50. The highest BCUT2D eigenvalue weighted by Crippen LogP contribution is 2.18. The van der Waals surface area contributed by atoms with Gasteiger partial charge in [0.25, 0.3) is 5.91 Å². The molecular weight excluding hydrogens is 234 g/mol. The first-order valence-corrected chi connectivity index (χ1v) is 5.50. The van der Waals surface area contributed by atoms with Crippen LogP contribution in [0.2, 0.25) is 0 Å². The fraction of sp³-hybridized carbons (Fsp3) is 0.333. The largest absolute Gasteiger partial charge is 0.497 e. The van der Waals surface area contributed by atoms with E-state index in [2.05, 4.69) is 10.6 Å². The molecule has 0 aliphatic heterocycles. The number of nitrogens with two attached hydrogens (primary N) is 1. The van der Waals surface area contributed by atoms with Crippen LogP contribution in [0, 0.1) is 0 Å². The van der Waals surface area contributed by atoms with Crippen LogP contribution in [0.5, 0.6) is 5.75 Å². The number of carbonyl (C=O) groups excluding carboxylic acids is 2. The maximum Gasteiger partial charge on any atom is 0.251 e. The zero-order valence-electron chi connectivity index (χ0n) is 10.4. The molecule has 0 unspecified atom stereocenters. The Balaban J connectivity index is 2.61. The van der Waals surface area contributed by atoms with Crippen LogP contribution in [0.1, 0.15) is 16.8 Å². The lowest BCUT2D eigenvalue weighted by Gasteiger charge is -2.07. The van der Waals surface area contributed by atoms with Gasteiger partial charge in [0, 0.05) is 37.3 Å². The van der Waals surface area contributed by atoms with Crippen LogP contribution in [-0.2, 0) is 4.79 Å². The molecule has 1 aromatic rings. The van der Waals surface area contributed by atoms with Crippen molar-refractivity contribution in [3.63, 3.8) is 0 Å². The van der Waals surface area contributed by atoms with Crippen LogP contribution in [0.15, 0.2) is 18.2 Å². The van der Waals surface area contributed by atoms with Gasteiger partial charge in [-0.3, -0.25) is 9.59 Å². The zero-order chi connectivity index (χ0) is 13.5. The summed E-state index contributed by atoms with van der Waals surface area (Å²) < 4.78 is 5.02. The number of rotatable bonds is 5. The van der Waals surface area contributed by atoms with E-state index in [1.54, 1.807) is 25.2 Å². The number of ether oxygens (including phenoxy) is 1. The van der Waals surface area contributed by atoms with Gasteiger partial charge in [-0.25, -0.2) is 0 Å². The number of nitrogens with one attached hydrogen (secondary N) is 2. The molecule has 4 N–H and O–H groups in total. The molecule has 0 saturated carbocycles. The van der Waals surface area contributed by atoms with Crippen molar-refractivity contribution in [3.05, 3.63) is 23.8 Å². The average Bonchev–Trinajstić information content (AvgIpc) is 2.37. The number of benzene rings is 1. The lowest BCUT2D eigenvalue weighted by atomic mass is 10.1. The summed E-state index contributed by atoms with van der Waals surface area (Å²) in [5.74, 6) is 0.108. The highest BCUT2D eigenvalue weighted by atomic mass is 16.5. The number of amides is 2. The highest BCUT2D eigenvalue weighted by Gasteiger charge is 2.08. The van der Waals surface area contributed by atoms with Gasteiger partial charge in [0.1, 0.15) is 5.75 Å². The summed E-state index contributed by atoms with van der Waals surface area (Å²) in [5, 5.41) is 5.11. The molecule has 1 rings (SSSR count). The smallest absolute Gasteiger partial charge is 0.251 e. The second kappa shape index (κ2) is 6.48. The molecule has 98 valence electrons. The molecule has 2 amide bonds. The number of carbonyl (C=O) groups is 2. The van der Waals surface area contributed by atoms with Crippen LogP contribution < -0.4 is 21.1 Å². The van der Waals surface area contributed by atoms with Crippen LogP contribution in [-0.4, -0.2) is 32.5 Å². The molecule has 0 bridgehead atoms. The fourth-order valence-corrected chi connectivity index (χ4v) is 1.39. The number of methoxy groups -OCH3 is 1. The minimum atomic E-state index is -0.287. The Kier molecular flexibility index (Phi) is 4.98. The molecule has 0 saturated heterocycles. The lowest BCUT2D eigenvalue weighted by molar-refractivity contribution is -0.120. The second-order valence-corrected chi connectivity index (χ2v) is 3.67. The Morgan fingerprint density at radius 2 is 2.06 bits per heavy atom. The van der Waals surface area contributed by atoms with E-state index in [4.69, 9.17) is 10.5 Å². The minimum Gasteiger partial charge on any atom is -0.497 e. The van der Waals surface area contributed by atoms with E-state index in [9.17, 15) is 9.59 Å². The molecule has 0 aliphatic carbocycles. The maximum atomic E-state index is 11.8. The summed E-state index contributed by atoms with van der Waals surface area (Å²) in [4.78, 5) is 22.8. The van der Waals surface area contributed by atoms with E-state index in [1.165, 1.54) is 7.11 Å². The van der Waals surface area contributed by atoms with Gasteiger partial charge >= 0.3 is 0 Å². The predicted octanol–water partition coefficient (Wildman–Crippen LogP) is 0.143. The van der Waals surface area contributed by atoms with Crippen molar-refractivity contribution < 1.29 is 14.3 Å². The van der Waals surface area contributed by atoms with Crippen LogP contribution in [0.3, 0.4) is 0 Å². The lowest BCUT2D eigenvalue weighted by Crippen LogP contribution is -2.29. The first kappa shape index (κ1) is 13.8. The quantitative estimate of drug-likeness (QED) is 0.649. The summed E-state index contributed by atoms with van der Waals surface area (Å²) in [7, 11) is 3.05. The van der Waals surface area contributed by atoms with Crippen molar-refractivity contribution in [3.8, 4) is 5.75 Å². The van der Waals surface area contributed by atoms with Crippen molar-refractivity contribution >= 4 is 17.5 Å². The van der Waals surface area contributed by atoms with E-state index in [1.807, 2.05) is 0 Å². The molecule has 1 aromatic carbocycles. The van der Waals surface area contributed by atoms with Crippen molar-refractivity contribution in [2.24, 2.45) is 0 Å². The number of anilines is 1.